The van der Waals surface area contributed by atoms with Gasteiger partial charge < -0.3 is 5.32 Å². The highest BCUT2D eigenvalue weighted by atomic mass is 15.0. The summed E-state index contributed by atoms with van der Waals surface area (Å²) in [6, 6.07) is 10.9. The summed E-state index contributed by atoms with van der Waals surface area (Å²) in [5.41, 5.74) is 4.15. The van der Waals surface area contributed by atoms with Crippen LogP contribution in [0.15, 0.2) is 48.9 Å². The maximum atomic E-state index is 4.48. The van der Waals surface area contributed by atoms with Gasteiger partial charge in [0.1, 0.15) is 5.82 Å². The van der Waals surface area contributed by atoms with Gasteiger partial charge in [-0.2, -0.15) is 0 Å². The van der Waals surface area contributed by atoms with Crippen molar-refractivity contribution in [2.24, 2.45) is 0 Å². The number of benzene rings is 1. The van der Waals surface area contributed by atoms with E-state index in [1.807, 2.05) is 18.3 Å². The molecule has 2 heterocycles. The van der Waals surface area contributed by atoms with E-state index in [1.165, 1.54) is 32.1 Å². The van der Waals surface area contributed by atoms with E-state index >= 15 is 0 Å². The van der Waals surface area contributed by atoms with Crippen molar-refractivity contribution in [3.8, 4) is 11.1 Å². The molecule has 0 radical (unpaired) electrons. The van der Waals surface area contributed by atoms with Crippen LogP contribution in [0, 0.1) is 0 Å². The number of nitrogens with zero attached hydrogens (tertiary/aromatic N) is 3. The number of rotatable bonds is 3. The summed E-state index contributed by atoms with van der Waals surface area (Å²) in [5.74, 6) is 0.966. The van der Waals surface area contributed by atoms with Crippen molar-refractivity contribution in [2.75, 3.05) is 5.32 Å². The van der Waals surface area contributed by atoms with E-state index in [-0.39, 0.29) is 0 Å². The van der Waals surface area contributed by atoms with Crippen LogP contribution in [0.1, 0.15) is 32.1 Å². The molecule has 0 spiro atoms. The Balaban J connectivity index is 1.61. The second-order valence-corrected chi connectivity index (χ2v) is 6.17. The molecule has 2 aromatic heterocycles. The SMILES string of the molecule is c1cc(-c2ccc3nccnc3c2)cc(NC2CCCCC2)n1. The van der Waals surface area contributed by atoms with Gasteiger partial charge in [-0.1, -0.05) is 25.3 Å². The van der Waals surface area contributed by atoms with Gasteiger partial charge in [0.25, 0.3) is 0 Å². The third-order valence-corrected chi connectivity index (χ3v) is 4.52. The summed E-state index contributed by atoms with van der Waals surface area (Å²) in [7, 11) is 0. The van der Waals surface area contributed by atoms with Crippen molar-refractivity contribution in [3.63, 3.8) is 0 Å². The monoisotopic (exact) mass is 304 g/mol. The minimum absolute atomic E-state index is 0.564. The molecule has 0 bridgehead atoms. The molecule has 1 aliphatic carbocycles. The number of fused-ring (bicyclic) bond motifs is 1. The lowest BCUT2D eigenvalue weighted by Crippen LogP contribution is -2.22. The molecule has 1 aliphatic rings. The second kappa shape index (κ2) is 6.32. The Morgan fingerprint density at radius 2 is 1.52 bits per heavy atom. The maximum Gasteiger partial charge on any atom is 0.126 e. The number of aromatic nitrogens is 3. The van der Waals surface area contributed by atoms with E-state index in [9.17, 15) is 0 Å². The zero-order valence-corrected chi connectivity index (χ0v) is 13.1. The average molecular weight is 304 g/mol. The van der Waals surface area contributed by atoms with E-state index in [1.54, 1.807) is 12.4 Å². The minimum Gasteiger partial charge on any atom is -0.367 e. The first-order valence-corrected chi connectivity index (χ1v) is 8.32. The van der Waals surface area contributed by atoms with Crippen molar-refractivity contribution < 1.29 is 0 Å². The highest BCUT2D eigenvalue weighted by Gasteiger charge is 2.13. The Hall–Kier alpha value is -2.49. The van der Waals surface area contributed by atoms with Gasteiger partial charge in [-0.25, -0.2) is 4.98 Å². The Morgan fingerprint density at radius 3 is 2.39 bits per heavy atom. The summed E-state index contributed by atoms with van der Waals surface area (Å²) in [6.07, 6.45) is 11.8. The van der Waals surface area contributed by atoms with Crippen LogP contribution < -0.4 is 5.32 Å². The van der Waals surface area contributed by atoms with E-state index in [2.05, 4.69) is 38.5 Å². The number of anilines is 1. The van der Waals surface area contributed by atoms with Crippen molar-refractivity contribution >= 4 is 16.9 Å². The highest BCUT2D eigenvalue weighted by molar-refractivity contribution is 5.81. The third kappa shape index (κ3) is 3.16. The van der Waals surface area contributed by atoms with E-state index < -0.39 is 0 Å². The highest BCUT2D eigenvalue weighted by Crippen LogP contribution is 2.26. The van der Waals surface area contributed by atoms with Crippen LogP contribution >= 0.6 is 0 Å². The van der Waals surface area contributed by atoms with Gasteiger partial charge in [0.15, 0.2) is 0 Å². The van der Waals surface area contributed by atoms with Gasteiger partial charge in [-0.3, -0.25) is 9.97 Å². The number of hydrogen-bond acceptors (Lipinski definition) is 4. The molecule has 0 atom stereocenters. The Morgan fingerprint density at radius 1 is 0.739 bits per heavy atom. The third-order valence-electron chi connectivity index (χ3n) is 4.52. The maximum absolute atomic E-state index is 4.48. The van der Waals surface area contributed by atoms with Crippen LogP contribution in [0.25, 0.3) is 22.2 Å². The largest absolute Gasteiger partial charge is 0.367 e. The average Bonchev–Trinajstić information content (AvgIpc) is 2.62. The van der Waals surface area contributed by atoms with Gasteiger partial charge in [-0.15, -0.1) is 0 Å². The van der Waals surface area contributed by atoms with Crippen LogP contribution in [-0.4, -0.2) is 21.0 Å². The molecule has 4 nitrogen and oxygen atoms in total. The number of pyridine rings is 1. The molecule has 23 heavy (non-hydrogen) atoms. The molecule has 3 aromatic rings. The summed E-state index contributed by atoms with van der Waals surface area (Å²) in [5, 5.41) is 3.59. The van der Waals surface area contributed by atoms with Crippen LogP contribution in [0.3, 0.4) is 0 Å². The Bertz CT molecular complexity index is 809. The van der Waals surface area contributed by atoms with Gasteiger partial charge >= 0.3 is 0 Å². The van der Waals surface area contributed by atoms with Crippen molar-refractivity contribution in [1.82, 2.24) is 15.0 Å². The molecule has 0 saturated heterocycles. The first kappa shape index (κ1) is 14.1. The van der Waals surface area contributed by atoms with Gasteiger partial charge in [-0.05, 0) is 48.2 Å². The molecule has 0 aliphatic heterocycles. The molecular weight excluding hydrogens is 284 g/mol. The van der Waals surface area contributed by atoms with Crippen LogP contribution in [0.2, 0.25) is 0 Å². The van der Waals surface area contributed by atoms with Crippen LogP contribution in [-0.2, 0) is 0 Å². The Labute approximate surface area is 136 Å². The standard InChI is InChI=1S/C19H20N4/c1-2-4-16(5-3-1)23-19-13-15(8-9-22-19)14-6-7-17-18(12-14)21-11-10-20-17/h6-13,16H,1-5H2,(H,22,23). The van der Waals surface area contributed by atoms with E-state index in [4.69, 9.17) is 0 Å². The molecule has 1 fully saturated rings. The number of nitrogens with one attached hydrogen (secondary N) is 1. The molecule has 1 saturated carbocycles. The normalized spacial score (nSPS) is 15.7. The molecular formula is C19H20N4. The summed E-state index contributed by atoms with van der Waals surface area (Å²) in [6.45, 7) is 0. The summed E-state index contributed by atoms with van der Waals surface area (Å²) >= 11 is 0. The smallest absolute Gasteiger partial charge is 0.126 e. The van der Waals surface area contributed by atoms with E-state index in [0.29, 0.717) is 6.04 Å². The fourth-order valence-electron chi connectivity index (χ4n) is 3.29. The topological polar surface area (TPSA) is 50.7 Å². The lowest BCUT2D eigenvalue weighted by Gasteiger charge is -2.23. The summed E-state index contributed by atoms with van der Waals surface area (Å²) < 4.78 is 0. The fraction of sp³-hybridized carbons (Fsp3) is 0.316. The number of hydrogen-bond donors (Lipinski definition) is 1. The molecule has 1 aromatic carbocycles. The quantitative estimate of drug-likeness (QED) is 0.777. The fourth-order valence-corrected chi connectivity index (χ4v) is 3.29. The molecule has 4 rings (SSSR count). The molecule has 0 unspecified atom stereocenters. The zero-order valence-electron chi connectivity index (χ0n) is 13.1. The predicted molar refractivity (Wildman–Crippen MR) is 93.3 cm³/mol. The van der Waals surface area contributed by atoms with Crippen LogP contribution in [0.5, 0.6) is 0 Å². The van der Waals surface area contributed by atoms with Gasteiger partial charge in [0.2, 0.25) is 0 Å². The summed E-state index contributed by atoms with van der Waals surface area (Å²) in [4.78, 5) is 13.2. The molecule has 1 N–H and O–H groups in total. The Kier molecular flexibility index (Phi) is 3.88. The zero-order chi connectivity index (χ0) is 15.5. The van der Waals surface area contributed by atoms with Crippen molar-refractivity contribution in [2.45, 2.75) is 38.1 Å². The van der Waals surface area contributed by atoms with Gasteiger partial charge in [0, 0.05) is 24.6 Å². The van der Waals surface area contributed by atoms with Crippen molar-refractivity contribution in [1.29, 1.82) is 0 Å². The van der Waals surface area contributed by atoms with Crippen LogP contribution in [0.4, 0.5) is 5.82 Å². The lowest BCUT2D eigenvalue weighted by atomic mass is 9.95. The predicted octanol–water partition coefficient (Wildman–Crippen LogP) is 4.44. The molecule has 0 amide bonds. The van der Waals surface area contributed by atoms with Gasteiger partial charge in [0.05, 0.1) is 11.0 Å². The second-order valence-electron chi connectivity index (χ2n) is 6.17. The van der Waals surface area contributed by atoms with Crippen molar-refractivity contribution in [3.05, 3.63) is 48.9 Å². The van der Waals surface area contributed by atoms with E-state index in [0.717, 1.165) is 28.0 Å². The first-order valence-electron chi connectivity index (χ1n) is 8.32. The molecule has 116 valence electrons. The first-order chi connectivity index (χ1) is 11.4. The lowest BCUT2D eigenvalue weighted by molar-refractivity contribution is 0.462. The molecule has 4 heteroatoms. The minimum atomic E-state index is 0.564.